The molecule has 6 nitrogen and oxygen atoms in total. The predicted octanol–water partition coefficient (Wildman–Crippen LogP) is 3.62. The van der Waals surface area contributed by atoms with Crippen molar-refractivity contribution in [1.29, 1.82) is 0 Å². The molecule has 1 aliphatic rings. The van der Waals surface area contributed by atoms with E-state index in [-0.39, 0.29) is 25.4 Å². The summed E-state index contributed by atoms with van der Waals surface area (Å²) in [7, 11) is 0. The first-order chi connectivity index (χ1) is 14.5. The summed E-state index contributed by atoms with van der Waals surface area (Å²) in [4.78, 5) is 31.3. The average Bonchev–Trinajstić information content (AvgIpc) is 2.97. The van der Waals surface area contributed by atoms with Gasteiger partial charge in [-0.3, -0.25) is 14.6 Å². The number of hydrogen-bond acceptors (Lipinski definition) is 5. The van der Waals surface area contributed by atoms with E-state index >= 15 is 0 Å². The minimum absolute atomic E-state index is 0.217. The lowest BCUT2D eigenvalue weighted by Crippen LogP contribution is -2.43. The molecule has 1 unspecified atom stereocenters. The molecule has 1 amide bonds. The van der Waals surface area contributed by atoms with Gasteiger partial charge in [0, 0.05) is 28.5 Å². The van der Waals surface area contributed by atoms with Crippen LogP contribution in [0.15, 0.2) is 73.1 Å². The average molecular weight is 423 g/mol. The highest BCUT2D eigenvalue weighted by atomic mass is 35.5. The molecule has 0 spiro atoms. The Morgan fingerprint density at radius 1 is 1.10 bits per heavy atom. The summed E-state index contributed by atoms with van der Waals surface area (Å²) in [5, 5.41) is 11.9. The summed E-state index contributed by atoms with van der Waals surface area (Å²) in [5.74, 6) is -0.269. The van der Waals surface area contributed by atoms with E-state index in [0.717, 1.165) is 0 Å². The minimum Gasteiger partial charge on any atom is -0.492 e. The van der Waals surface area contributed by atoms with Gasteiger partial charge in [0.1, 0.15) is 12.4 Å². The number of anilines is 1. The fourth-order valence-electron chi connectivity index (χ4n) is 3.55. The summed E-state index contributed by atoms with van der Waals surface area (Å²) in [6, 6.07) is 17.1. The molecule has 3 aromatic rings. The lowest BCUT2D eigenvalue weighted by Gasteiger charge is -2.22. The van der Waals surface area contributed by atoms with Gasteiger partial charge in [0.25, 0.3) is 5.91 Å². The van der Waals surface area contributed by atoms with E-state index in [1.54, 1.807) is 66.9 Å². The van der Waals surface area contributed by atoms with Gasteiger partial charge in [-0.2, -0.15) is 0 Å². The number of fused-ring (bicyclic) bond motifs is 1. The van der Waals surface area contributed by atoms with E-state index in [1.165, 1.54) is 11.1 Å². The molecular weight excluding hydrogens is 404 g/mol. The number of halogens is 1. The topological polar surface area (TPSA) is 79.7 Å². The second-order valence-corrected chi connectivity index (χ2v) is 7.41. The Hall–Kier alpha value is -3.22. The van der Waals surface area contributed by atoms with Gasteiger partial charge < -0.3 is 14.7 Å². The van der Waals surface area contributed by atoms with Crippen LogP contribution in [0.1, 0.15) is 22.3 Å². The third-order valence-electron chi connectivity index (χ3n) is 5.04. The lowest BCUT2D eigenvalue weighted by atomic mass is 9.88. The highest BCUT2D eigenvalue weighted by Gasteiger charge is 2.50. The van der Waals surface area contributed by atoms with E-state index in [1.807, 2.05) is 0 Å². The molecule has 0 fully saturated rings. The number of hydrogen-bond donors (Lipinski definition) is 1. The first-order valence-corrected chi connectivity index (χ1v) is 9.82. The number of aromatic nitrogens is 1. The molecule has 0 bridgehead atoms. The van der Waals surface area contributed by atoms with E-state index in [9.17, 15) is 14.7 Å². The summed E-state index contributed by atoms with van der Waals surface area (Å²) < 4.78 is 5.70. The molecule has 0 aliphatic carbocycles. The first-order valence-electron chi connectivity index (χ1n) is 9.44. The van der Waals surface area contributed by atoms with E-state index in [2.05, 4.69) is 4.98 Å². The van der Waals surface area contributed by atoms with Crippen molar-refractivity contribution < 1.29 is 19.4 Å². The second kappa shape index (κ2) is 8.26. The molecule has 4 rings (SSSR count). The number of amides is 1. The van der Waals surface area contributed by atoms with Gasteiger partial charge in [0.05, 0.1) is 18.7 Å². The Morgan fingerprint density at radius 3 is 2.60 bits per heavy atom. The van der Waals surface area contributed by atoms with Crippen LogP contribution in [-0.4, -0.2) is 34.9 Å². The Bertz CT molecular complexity index is 1070. The van der Waals surface area contributed by atoms with E-state index < -0.39 is 11.5 Å². The third kappa shape index (κ3) is 3.79. The smallest absolute Gasteiger partial charge is 0.264 e. The van der Waals surface area contributed by atoms with Gasteiger partial charge in [0.15, 0.2) is 11.4 Å². The number of ether oxygens (including phenoxy) is 1. The van der Waals surface area contributed by atoms with Crippen molar-refractivity contribution in [2.24, 2.45) is 0 Å². The highest BCUT2D eigenvalue weighted by Crippen LogP contribution is 2.42. The summed E-state index contributed by atoms with van der Waals surface area (Å²) >= 11 is 5.87. The predicted molar refractivity (Wildman–Crippen MR) is 113 cm³/mol. The van der Waals surface area contributed by atoms with Crippen LogP contribution in [0.3, 0.4) is 0 Å². The third-order valence-corrected chi connectivity index (χ3v) is 5.29. The van der Waals surface area contributed by atoms with Gasteiger partial charge in [-0.1, -0.05) is 29.8 Å². The molecule has 2 aromatic carbocycles. The maximum Gasteiger partial charge on any atom is 0.264 e. The summed E-state index contributed by atoms with van der Waals surface area (Å²) in [6.07, 6.45) is 2.63. The molecule has 1 atom stereocenters. The van der Waals surface area contributed by atoms with Crippen molar-refractivity contribution in [3.05, 3.63) is 89.2 Å². The zero-order chi connectivity index (χ0) is 21.1. The molecule has 1 N–H and O–H groups in total. The van der Waals surface area contributed by atoms with Gasteiger partial charge in [-0.25, -0.2) is 0 Å². The molecule has 1 aliphatic heterocycles. The van der Waals surface area contributed by atoms with Crippen LogP contribution >= 0.6 is 11.6 Å². The van der Waals surface area contributed by atoms with Crippen LogP contribution in [0.5, 0.6) is 5.75 Å². The van der Waals surface area contributed by atoms with Gasteiger partial charge in [0.2, 0.25) is 0 Å². The number of aliphatic hydroxyl groups is 1. The molecule has 0 saturated carbocycles. The van der Waals surface area contributed by atoms with Crippen LogP contribution in [0.4, 0.5) is 5.69 Å². The number of rotatable bonds is 7. The number of Topliss-reactive ketones (excluding diaryl/α,β-unsaturated/α-hetero) is 1. The van der Waals surface area contributed by atoms with E-state index in [0.29, 0.717) is 27.6 Å². The van der Waals surface area contributed by atoms with Crippen LogP contribution in [0.25, 0.3) is 0 Å². The Morgan fingerprint density at radius 2 is 1.87 bits per heavy atom. The van der Waals surface area contributed by atoms with Crippen molar-refractivity contribution in [2.45, 2.75) is 12.0 Å². The van der Waals surface area contributed by atoms with Gasteiger partial charge in [-0.05, 0) is 42.5 Å². The van der Waals surface area contributed by atoms with Gasteiger partial charge >= 0.3 is 0 Å². The fraction of sp³-hybridized carbons (Fsp3) is 0.174. The molecular formula is C23H19ClN2O4. The first kappa shape index (κ1) is 20.1. The number of carbonyl (C=O) groups excluding carboxylic acids is 2. The molecule has 0 saturated heterocycles. The number of benzene rings is 2. The van der Waals surface area contributed by atoms with Crippen LogP contribution in [0, 0.1) is 0 Å². The second-order valence-electron chi connectivity index (χ2n) is 6.98. The summed E-state index contributed by atoms with van der Waals surface area (Å²) in [6.45, 7) is 0.441. The minimum atomic E-state index is -1.93. The molecule has 7 heteroatoms. The molecule has 2 heterocycles. The Balaban J connectivity index is 1.53. The van der Waals surface area contributed by atoms with Crippen LogP contribution in [0.2, 0.25) is 5.02 Å². The fourth-order valence-corrected chi connectivity index (χ4v) is 3.67. The lowest BCUT2D eigenvalue weighted by molar-refractivity contribution is -0.135. The van der Waals surface area contributed by atoms with Crippen molar-refractivity contribution in [2.75, 3.05) is 18.1 Å². The van der Waals surface area contributed by atoms with Crippen LogP contribution < -0.4 is 9.64 Å². The molecule has 152 valence electrons. The number of ketones is 1. The Labute approximate surface area is 178 Å². The van der Waals surface area contributed by atoms with Crippen molar-refractivity contribution in [3.8, 4) is 5.75 Å². The quantitative estimate of drug-likeness (QED) is 0.588. The maximum absolute atomic E-state index is 13.2. The van der Waals surface area contributed by atoms with Crippen molar-refractivity contribution in [3.63, 3.8) is 0 Å². The van der Waals surface area contributed by atoms with Gasteiger partial charge in [-0.15, -0.1) is 0 Å². The van der Waals surface area contributed by atoms with Crippen molar-refractivity contribution in [1.82, 2.24) is 4.98 Å². The molecule has 1 aromatic heterocycles. The largest absolute Gasteiger partial charge is 0.492 e. The number of para-hydroxylation sites is 1. The van der Waals surface area contributed by atoms with Crippen molar-refractivity contribution >= 4 is 29.0 Å². The Kier molecular flexibility index (Phi) is 5.53. The zero-order valence-corrected chi connectivity index (χ0v) is 16.7. The zero-order valence-electron chi connectivity index (χ0n) is 16.0. The molecule has 30 heavy (non-hydrogen) atoms. The SMILES string of the molecule is O=C(CC1(O)C(=O)N(CCOc2ccc(Cl)cc2)c2ccccc21)c1cccnc1. The number of nitrogens with zero attached hydrogens (tertiary/aromatic N) is 2. The monoisotopic (exact) mass is 422 g/mol. The standard InChI is InChI=1S/C23H19ClN2O4/c24-17-7-9-18(10-8-17)30-13-12-26-20-6-2-1-5-19(20)23(29,22(26)28)14-21(27)16-4-3-11-25-15-16/h1-11,15,29H,12-14H2. The van der Waals surface area contributed by atoms with E-state index in [4.69, 9.17) is 16.3 Å². The number of pyridine rings is 1. The highest BCUT2D eigenvalue weighted by molar-refractivity contribution is 6.30. The van der Waals surface area contributed by atoms with Crippen LogP contribution in [-0.2, 0) is 10.4 Å². The number of carbonyl (C=O) groups is 2. The maximum atomic E-state index is 13.2. The molecule has 0 radical (unpaired) electrons. The summed E-state index contributed by atoms with van der Waals surface area (Å²) in [5.41, 5.74) is -0.591. The normalized spacial score (nSPS) is 17.7.